The first-order chi connectivity index (χ1) is 12.9. The number of sulfonamides is 1. The van der Waals surface area contributed by atoms with Crippen molar-refractivity contribution in [1.82, 2.24) is 4.98 Å². The van der Waals surface area contributed by atoms with Gasteiger partial charge in [-0.2, -0.15) is 0 Å². The summed E-state index contributed by atoms with van der Waals surface area (Å²) in [5.41, 5.74) is 3.41. The number of aryl methyl sites for hydroxylation is 1. The number of rotatable bonds is 3. The van der Waals surface area contributed by atoms with E-state index in [1.807, 2.05) is 30.3 Å². The summed E-state index contributed by atoms with van der Waals surface area (Å²) < 4.78 is 25.4. The van der Waals surface area contributed by atoms with Crippen molar-refractivity contribution in [3.8, 4) is 0 Å². The lowest BCUT2D eigenvalue weighted by molar-refractivity contribution is 0.102. The molecule has 1 N–H and O–H groups in total. The number of aromatic nitrogens is 1. The van der Waals surface area contributed by atoms with E-state index in [9.17, 15) is 13.2 Å². The van der Waals surface area contributed by atoms with Gasteiger partial charge >= 0.3 is 0 Å². The van der Waals surface area contributed by atoms with Crippen LogP contribution in [0.5, 0.6) is 0 Å². The third-order valence-corrected chi connectivity index (χ3v) is 5.88. The number of pyridine rings is 1. The highest BCUT2D eigenvalue weighted by molar-refractivity contribution is 7.92. The Bertz CT molecular complexity index is 1140. The van der Waals surface area contributed by atoms with Crippen LogP contribution in [0.25, 0.3) is 10.9 Å². The van der Waals surface area contributed by atoms with Crippen LogP contribution < -0.4 is 9.62 Å². The van der Waals surface area contributed by atoms with Crippen molar-refractivity contribution in [2.24, 2.45) is 0 Å². The number of amides is 1. The molecule has 1 aromatic heterocycles. The minimum Gasteiger partial charge on any atom is -0.320 e. The molecule has 1 amide bonds. The first-order valence-electron chi connectivity index (χ1n) is 8.69. The highest BCUT2D eigenvalue weighted by Gasteiger charge is 2.24. The number of fused-ring (bicyclic) bond motifs is 2. The molecule has 0 unspecified atom stereocenters. The van der Waals surface area contributed by atoms with Crippen LogP contribution in [-0.2, 0) is 16.4 Å². The first kappa shape index (κ1) is 17.5. The molecule has 7 heteroatoms. The van der Waals surface area contributed by atoms with Crippen molar-refractivity contribution in [3.05, 3.63) is 65.9 Å². The molecule has 138 valence electrons. The first-order valence-corrected chi connectivity index (χ1v) is 10.5. The van der Waals surface area contributed by atoms with Crippen LogP contribution in [0.4, 0.5) is 11.4 Å². The smallest absolute Gasteiger partial charge is 0.255 e. The van der Waals surface area contributed by atoms with E-state index in [2.05, 4.69) is 10.3 Å². The summed E-state index contributed by atoms with van der Waals surface area (Å²) in [4.78, 5) is 17.1. The van der Waals surface area contributed by atoms with Gasteiger partial charge in [-0.3, -0.25) is 14.1 Å². The van der Waals surface area contributed by atoms with Gasteiger partial charge in [0.1, 0.15) is 0 Å². The number of carbonyl (C=O) groups is 1. The van der Waals surface area contributed by atoms with E-state index in [0.717, 1.165) is 29.3 Å². The SMILES string of the molecule is CS(=O)(=O)N1CCCc2cc(C(=O)Nc3cccc4cccnc34)ccc21. The third-order valence-electron chi connectivity index (χ3n) is 4.70. The number of nitrogens with zero attached hydrogens (tertiary/aromatic N) is 2. The van der Waals surface area contributed by atoms with E-state index < -0.39 is 10.0 Å². The molecule has 3 aromatic rings. The molecular weight excluding hydrogens is 362 g/mol. The summed E-state index contributed by atoms with van der Waals surface area (Å²) in [6.07, 6.45) is 4.38. The highest BCUT2D eigenvalue weighted by atomic mass is 32.2. The van der Waals surface area contributed by atoms with Crippen molar-refractivity contribution in [3.63, 3.8) is 0 Å². The largest absolute Gasteiger partial charge is 0.320 e. The molecule has 6 nitrogen and oxygen atoms in total. The molecule has 0 bridgehead atoms. The zero-order chi connectivity index (χ0) is 19.0. The van der Waals surface area contributed by atoms with Gasteiger partial charge in [0.15, 0.2) is 0 Å². The lowest BCUT2D eigenvalue weighted by atomic mass is 10.0. The van der Waals surface area contributed by atoms with Gasteiger partial charge in [-0.15, -0.1) is 0 Å². The quantitative estimate of drug-likeness (QED) is 0.756. The molecule has 0 aliphatic carbocycles. The summed E-state index contributed by atoms with van der Waals surface area (Å²) in [5, 5.41) is 3.86. The van der Waals surface area contributed by atoms with Gasteiger partial charge in [0.2, 0.25) is 10.0 Å². The average molecular weight is 381 g/mol. The Morgan fingerprint density at radius 3 is 2.78 bits per heavy atom. The monoisotopic (exact) mass is 381 g/mol. The Morgan fingerprint density at radius 2 is 1.96 bits per heavy atom. The van der Waals surface area contributed by atoms with Crippen LogP contribution in [0.1, 0.15) is 22.3 Å². The van der Waals surface area contributed by atoms with Gasteiger partial charge in [0, 0.05) is 23.7 Å². The number of anilines is 2. The number of para-hydroxylation sites is 1. The molecule has 1 aliphatic rings. The fourth-order valence-corrected chi connectivity index (χ4v) is 4.44. The number of benzene rings is 2. The van der Waals surface area contributed by atoms with Crippen LogP contribution in [0.15, 0.2) is 54.7 Å². The van der Waals surface area contributed by atoms with E-state index >= 15 is 0 Å². The average Bonchev–Trinajstić information content (AvgIpc) is 2.66. The number of hydrogen-bond donors (Lipinski definition) is 1. The maximum absolute atomic E-state index is 12.8. The zero-order valence-corrected chi connectivity index (χ0v) is 15.7. The predicted molar refractivity (Wildman–Crippen MR) is 107 cm³/mol. The Labute approximate surface area is 157 Å². The maximum Gasteiger partial charge on any atom is 0.255 e. The maximum atomic E-state index is 12.8. The van der Waals surface area contributed by atoms with Crippen LogP contribution >= 0.6 is 0 Å². The van der Waals surface area contributed by atoms with E-state index in [1.165, 1.54) is 10.6 Å². The zero-order valence-electron chi connectivity index (χ0n) is 14.8. The summed E-state index contributed by atoms with van der Waals surface area (Å²) in [5.74, 6) is -0.243. The Hall–Kier alpha value is -2.93. The molecule has 1 aliphatic heterocycles. The molecule has 4 rings (SSSR count). The number of nitrogens with one attached hydrogen (secondary N) is 1. The minimum atomic E-state index is -3.32. The topological polar surface area (TPSA) is 79.4 Å². The molecule has 0 fully saturated rings. The number of hydrogen-bond acceptors (Lipinski definition) is 4. The fraction of sp³-hybridized carbons (Fsp3) is 0.200. The minimum absolute atomic E-state index is 0.243. The molecule has 0 atom stereocenters. The second kappa shape index (κ2) is 6.66. The van der Waals surface area contributed by atoms with E-state index in [4.69, 9.17) is 0 Å². The lowest BCUT2D eigenvalue weighted by Gasteiger charge is -2.29. The van der Waals surface area contributed by atoms with Gasteiger partial charge < -0.3 is 5.32 Å². The predicted octanol–water partition coefficient (Wildman–Crippen LogP) is 3.20. The van der Waals surface area contributed by atoms with Gasteiger partial charge in [0.05, 0.1) is 23.1 Å². The number of carbonyl (C=O) groups excluding carboxylic acids is 1. The second-order valence-electron chi connectivity index (χ2n) is 6.62. The molecule has 2 heterocycles. The Kier molecular flexibility index (Phi) is 4.31. The molecule has 0 radical (unpaired) electrons. The third kappa shape index (κ3) is 3.38. The van der Waals surface area contributed by atoms with E-state index in [0.29, 0.717) is 23.5 Å². The molecular formula is C20H19N3O3S. The summed E-state index contributed by atoms with van der Waals surface area (Å²) in [6, 6.07) is 14.6. The van der Waals surface area contributed by atoms with Crippen molar-refractivity contribution in [1.29, 1.82) is 0 Å². The molecule has 0 spiro atoms. The van der Waals surface area contributed by atoms with Crippen molar-refractivity contribution >= 4 is 38.2 Å². The van der Waals surface area contributed by atoms with Crippen molar-refractivity contribution < 1.29 is 13.2 Å². The highest BCUT2D eigenvalue weighted by Crippen LogP contribution is 2.30. The van der Waals surface area contributed by atoms with Crippen molar-refractivity contribution in [2.75, 3.05) is 22.4 Å². The second-order valence-corrected chi connectivity index (χ2v) is 8.52. The molecule has 0 saturated heterocycles. The van der Waals surface area contributed by atoms with Crippen molar-refractivity contribution in [2.45, 2.75) is 12.8 Å². The normalized spacial score (nSPS) is 14.0. The van der Waals surface area contributed by atoms with E-state index in [1.54, 1.807) is 24.4 Å². The summed E-state index contributed by atoms with van der Waals surface area (Å²) in [6.45, 7) is 0.471. The molecule has 27 heavy (non-hydrogen) atoms. The lowest BCUT2D eigenvalue weighted by Crippen LogP contribution is -2.34. The van der Waals surface area contributed by atoms with Gasteiger partial charge in [-0.05, 0) is 48.7 Å². The fourth-order valence-electron chi connectivity index (χ4n) is 3.45. The summed E-state index contributed by atoms with van der Waals surface area (Å²) >= 11 is 0. The van der Waals surface area contributed by atoms with Gasteiger partial charge in [-0.25, -0.2) is 8.42 Å². The summed E-state index contributed by atoms with van der Waals surface area (Å²) in [7, 11) is -3.32. The van der Waals surface area contributed by atoms with Crippen LogP contribution in [0.3, 0.4) is 0 Å². The Balaban J connectivity index is 1.65. The van der Waals surface area contributed by atoms with Gasteiger partial charge in [-0.1, -0.05) is 18.2 Å². The van der Waals surface area contributed by atoms with Crippen LogP contribution in [0.2, 0.25) is 0 Å². The molecule has 0 saturated carbocycles. The standard InChI is InChI=1S/C20H19N3O3S/c1-27(25,26)23-12-4-7-15-13-16(9-10-18(15)23)20(24)22-17-8-2-5-14-6-3-11-21-19(14)17/h2-3,5-6,8-11,13H,4,7,12H2,1H3,(H,22,24). The Morgan fingerprint density at radius 1 is 1.15 bits per heavy atom. The van der Waals surface area contributed by atoms with Crippen LogP contribution in [0, 0.1) is 0 Å². The molecule has 2 aromatic carbocycles. The van der Waals surface area contributed by atoms with E-state index in [-0.39, 0.29) is 5.91 Å². The van der Waals surface area contributed by atoms with Crippen LogP contribution in [-0.4, -0.2) is 32.1 Å². The van der Waals surface area contributed by atoms with Gasteiger partial charge in [0.25, 0.3) is 5.91 Å².